The fourth-order valence-corrected chi connectivity index (χ4v) is 10.4. The number of aryl methyl sites for hydroxylation is 2. The monoisotopic (exact) mass is 1120 g/mol. The SMILES string of the molecule is C=C(C#CCN1C(C)CCCC1C)N1CCC(C=O)C1.C=CC=N/C(=C/c1c(CC(C)(C)COC=O)c2cc(-c3cc(O)cc(CCCCC[C@@H](C)NNC=O)c3)ccc2n1CC)C(C)OC.CC.CC(C)C(C(N)=O)N(C)C.[B]C. The van der Waals surface area contributed by atoms with Gasteiger partial charge in [-0.05, 0) is 158 Å². The molecule has 2 aromatic carbocycles. The summed E-state index contributed by atoms with van der Waals surface area (Å²) in [7, 11) is 9.88. The Morgan fingerprint density at radius 3 is 2.23 bits per heavy atom. The van der Waals surface area contributed by atoms with Crippen molar-refractivity contribution in [3.63, 3.8) is 0 Å². The zero-order valence-corrected chi connectivity index (χ0v) is 52.3. The van der Waals surface area contributed by atoms with Gasteiger partial charge in [0.15, 0.2) is 0 Å². The van der Waals surface area contributed by atoms with Crippen LogP contribution in [0.4, 0.5) is 0 Å². The van der Waals surface area contributed by atoms with Crippen molar-refractivity contribution in [1.82, 2.24) is 30.1 Å². The van der Waals surface area contributed by atoms with Gasteiger partial charge in [0.2, 0.25) is 12.3 Å². The fraction of sp³-hybridized carbons (Fsp3) is 0.585. The number of fused-ring (bicyclic) bond motifs is 1. The smallest absolute Gasteiger partial charge is 0.293 e. The lowest BCUT2D eigenvalue weighted by molar-refractivity contribution is -0.131. The minimum atomic E-state index is -0.333. The van der Waals surface area contributed by atoms with E-state index in [0.29, 0.717) is 31.4 Å². The number of primary amides is 1. The van der Waals surface area contributed by atoms with Crippen LogP contribution in [0.5, 0.6) is 5.75 Å². The van der Waals surface area contributed by atoms with E-state index in [4.69, 9.17) is 15.2 Å². The van der Waals surface area contributed by atoms with E-state index in [1.807, 2.05) is 72.7 Å². The van der Waals surface area contributed by atoms with Crippen LogP contribution in [-0.2, 0) is 48.0 Å². The average Bonchev–Trinajstić information content (AvgIpc) is 4.26. The number of ether oxygens (including phenoxy) is 2. The molecule has 2 radical (unpaired) electrons. The molecule has 5 unspecified atom stereocenters. The summed E-state index contributed by atoms with van der Waals surface area (Å²) in [5, 5.41) is 11.8. The Labute approximate surface area is 490 Å². The zero-order valence-electron chi connectivity index (χ0n) is 52.3. The van der Waals surface area contributed by atoms with Crippen molar-refractivity contribution in [2.24, 2.45) is 28.0 Å². The van der Waals surface area contributed by atoms with Gasteiger partial charge >= 0.3 is 0 Å². The van der Waals surface area contributed by atoms with Crippen molar-refractivity contribution in [1.29, 1.82) is 0 Å². The topological polar surface area (TPSA) is 184 Å². The summed E-state index contributed by atoms with van der Waals surface area (Å²) in [4.78, 5) is 54.2. The quantitative estimate of drug-likeness (QED) is 0.0142. The van der Waals surface area contributed by atoms with Gasteiger partial charge in [-0.1, -0.05) is 105 Å². The molecule has 448 valence electrons. The third kappa shape index (κ3) is 25.0. The summed E-state index contributed by atoms with van der Waals surface area (Å²) in [6.45, 7) is 36.3. The number of aromatic hydroxyl groups is 1. The molecule has 15 nitrogen and oxygen atoms in total. The molecule has 0 bridgehead atoms. The summed E-state index contributed by atoms with van der Waals surface area (Å²) in [5.41, 5.74) is 18.2. The molecule has 0 spiro atoms. The Balaban J connectivity index is 0.000000785. The van der Waals surface area contributed by atoms with Gasteiger partial charge in [0.05, 0.1) is 44.5 Å². The first-order valence-electron chi connectivity index (χ1n) is 29.2. The number of allylic oxidation sites excluding steroid dienone is 2. The number of rotatable bonds is 27. The lowest BCUT2D eigenvalue weighted by atomic mass is 9.85. The first-order chi connectivity index (χ1) is 38.6. The first-order valence-corrected chi connectivity index (χ1v) is 29.2. The van der Waals surface area contributed by atoms with Gasteiger partial charge in [-0.25, -0.2) is 5.43 Å². The Hall–Kier alpha value is -5.99. The highest BCUT2D eigenvalue weighted by atomic mass is 16.5. The average molecular weight is 1120 g/mol. The number of phenols is 1. The number of amides is 2. The number of likely N-dealkylation sites (N-methyl/N-ethyl adjacent to an activating group) is 1. The third-order valence-electron chi connectivity index (χ3n) is 14.6. The fourth-order valence-electron chi connectivity index (χ4n) is 10.4. The van der Waals surface area contributed by atoms with Crippen LogP contribution < -0.4 is 16.6 Å². The van der Waals surface area contributed by atoms with Gasteiger partial charge in [0.25, 0.3) is 6.47 Å². The number of hydrogen-bond donors (Lipinski definition) is 4. The number of hydrogen-bond acceptors (Lipinski definition) is 12. The van der Waals surface area contributed by atoms with Crippen LogP contribution in [0.1, 0.15) is 144 Å². The van der Waals surface area contributed by atoms with E-state index in [2.05, 4.69) is 128 Å². The highest BCUT2D eigenvalue weighted by Crippen LogP contribution is 2.38. The molecule has 2 amide bonds. The van der Waals surface area contributed by atoms with E-state index in [0.717, 1.165) is 121 Å². The lowest BCUT2D eigenvalue weighted by Crippen LogP contribution is -2.43. The second-order valence-electron chi connectivity index (χ2n) is 22.1. The molecule has 0 saturated carbocycles. The number of aliphatic imine (C=N–C) groups is 1. The van der Waals surface area contributed by atoms with Gasteiger partial charge in [-0.15, -0.1) is 0 Å². The molecule has 2 fully saturated rings. The highest BCUT2D eigenvalue weighted by molar-refractivity contribution is 6.05. The van der Waals surface area contributed by atoms with Crippen LogP contribution in [0.2, 0.25) is 6.82 Å². The van der Waals surface area contributed by atoms with Crippen molar-refractivity contribution in [2.45, 2.75) is 184 Å². The van der Waals surface area contributed by atoms with Crippen LogP contribution >= 0.6 is 0 Å². The van der Waals surface area contributed by atoms with E-state index in [9.17, 15) is 24.3 Å². The van der Waals surface area contributed by atoms with E-state index in [-0.39, 0.29) is 53.7 Å². The predicted octanol–water partition coefficient (Wildman–Crippen LogP) is 10.7. The number of phenolic OH excluding ortho intramolecular Hbond substituents is 1. The van der Waals surface area contributed by atoms with Gasteiger partial charge in [0.1, 0.15) is 12.0 Å². The van der Waals surface area contributed by atoms with Crippen molar-refractivity contribution in [2.75, 3.05) is 47.4 Å². The molecule has 2 saturated heterocycles. The Bertz CT molecular complexity index is 2490. The molecule has 5 rings (SSSR count). The number of benzene rings is 2. The van der Waals surface area contributed by atoms with E-state index in [1.54, 1.807) is 19.4 Å². The number of carbonyl (C=O) groups excluding carboxylic acids is 4. The summed E-state index contributed by atoms with van der Waals surface area (Å²) in [6.07, 6.45) is 17.3. The Morgan fingerprint density at radius 1 is 1.01 bits per heavy atom. The molecule has 1 aromatic heterocycles. The van der Waals surface area contributed by atoms with Crippen molar-refractivity contribution >= 4 is 56.1 Å². The minimum Gasteiger partial charge on any atom is -0.508 e. The molecular weight excluding hydrogens is 1020 g/mol. The number of aromatic nitrogens is 1. The van der Waals surface area contributed by atoms with Crippen LogP contribution in [-0.4, -0.2) is 141 Å². The molecule has 81 heavy (non-hydrogen) atoms. The Morgan fingerprint density at radius 2 is 1.69 bits per heavy atom. The predicted molar refractivity (Wildman–Crippen MR) is 338 cm³/mol. The summed E-state index contributed by atoms with van der Waals surface area (Å²) in [5.74, 6) is 6.90. The number of carbonyl (C=O) groups is 4. The maximum Gasteiger partial charge on any atom is 0.293 e. The number of aldehydes is 1. The van der Waals surface area contributed by atoms with Gasteiger partial charge in [0, 0.05) is 79.0 Å². The standard InChI is InChI=1S/C38H52N4O5.C17H26N2O.C7H16N2O.C2H6.CH3B/c1-8-17-39-35(28(4)46-7)22-37-34(23-38(5,6)24-47-26-44)33-21-30(15-16-36(33)42(37)9-2)31-18-29(19-32(45)20-31)14-12-10-11-13-27(3)41-40-25-43;1-14(18-11-9-17(12-18)13-20)8-5-10-19-15(2)6-4-7-16(19)3;1-5(2)6(7(8)10)9(3)4;2*1-2/h8,15-22,25-28,41,45H,1,9-14,23-24H2,2-7H3,(H,40,43);13,15-17H,1,4,6-7,9-12H2,2-3H3;5-6H,1-4H3,(H2,8,10);1-2H3;1H3/b35-22+,39-17?;;;;/t27-,28?;;;;/m1..../s1. The number of unbranched alkanes of at least 4 members (excludes halogenated alkanes) is 2. The molecule has 3 aromatic rings. The number of nitrogens with two attached hydrogens (primary N) is 1. The largest absolute Gasteiger partial charge is 0.508 e. The summed E-state index contributed by atoms with van der Waals surface area (Å²) < 4.78 is 13.2. The molecule has 5 N–H and O–H groups in total. The van der Waals surface area contributed by atoms with Crippen LogP contribution in [0, 0.1) is 29.1 Å². The number of piperidine rings is 1. The third-order valence-corrected chi connectivity index (χ3v) is 14.6. The maximum absolute atomic E-state index is 11.1. The molecule has 3 heterocycles. The van der Waals surface area contributed by atoms with Crippen LogP contribution in [0.15, 0.2) is 72.0 Å². The highest BCUT2D eigenvalue weighted by Gasteiger charge is 2.28. The molecule has 2 aliphatic rings. The Kier molecular flexibility index (Phi) is 35.6. The molecule has 16 heteroatoms. The molecule has 0 aliphatic carbocycles. The van der Waals surface area contributed by atoms with Crippen molar-refractivity contribution in [3.8, 4) is 28.7 Å². The van der Waals surface area contributed by atoms with E-state index < -0.39 is 0 Å². The zero-order chi connectivity index (χ0) is 61.2. The number of hydrazine groups is 1. The van der Waals surface area contributed by atoms with E-state index in [1.165, 1.54) is 26.1 Å². The normalized spacial score (nSPS) is 17.3. The van der Waals surface area contributed by atoms with Gasteiger partial charge in [-0.3, -0.25) is 34.6 Å². The van der Waals surface area contributed by atoms with E-state index >= 15 is 0 Å². The second kappa shape index (κ2) is 39.4. The van der Waals surface area contributed by atoms with Gasteiger partial charge in [-0.2, -0.15) is 0 Å². The number of nitrogens with one attached hydrogen (secondary N) is 2. The second-order valence-corrected chi connectivity index (χ2v) is 22.1. The molecule has 2 aliphatic heterocycles. The first kappa shape index (κ1) is 73.0. The van der Waals surface area contributed by atoms with Crippen molar-refractivity contribution < 1.29 is 33.8 Å². The molecule has 6 atom stereocenters. The lowest BCUT2D eigenvalue weighted by Gasteiger charge is -2.37. The van der Waals surface area contributed by atoms with Crippen LogP contribution in [0.3, 0.4) is 0 Å². The van der Waals surface area contributed by atoms with Gasteiger partial charge < -0.3 is 34.6 Å². The summed E-state index contributed by atoms with van der Waals surface area (Å²) in [6, 6.07) is 13.6. The molecular formula is C65H103BN8O7. The minimum absolute atomic E-state index is 0.139. The van der Waals surface area contributed by atoms with Crippen LogP contribution in [0.25, 0.3) is 28.1 Å². The van der Waals surface area contributed by atoms with Crippen molar-refractivity contribution in [3.05, 3.63) is 83.8 Å². The maximum atomic E-state index is 11.1. The number of methoxy groups -OCH3 is 1. The summed E-state index contributed by atoms with van der Waals surface area (Å²) >= 11 is 0. The number of likely N-dealkylation sites (tertiary alicyclic amines) is 2. The number of nitrogens with zero attached hydrogens (tertiary/aromatic N) is 5.